The largest absolute Gasteiger partial charge is 0.508 e. The summed E-state index contributed by atoms with van der Waals surface area (Å²) in [6.07, 6.45) is -8.40. The van der Waals surface area contributed by atoms with E-state index in [1.165, 1.54) is 13.8 Å². The third kappa shape index (κ3) is 6.67. The zero-order valence-electron chi connectivity index (χ0n) is 35.2. The van der Waals surface area contributed by atoms with Crippen molar-refractivity contribution in [1.82, 2.24) is 0 Å². The highest BCUT2D eigenvalue weighted by Crippen LogP contribution is 2.52. The van der Waals surface area contributed by atoms with E-state index in [-0.39, 0.29) is 53.0 Å². The van der Waals surface area contributed by atoms with Crippen molar-refractivity contribution in [2.45, 2.75) is 134 Å². The van der Waals surface area contributed by atoms with Crippen LogP contribution in [-0.4, -0.2) is 133 Å². The van der Waals surface area contributed by atoms with Crippen molar-refractivity contribution in [2.24, 2.45) is 0 Å². The Balaban J connectivity index is 1.11. The molecule has 18 nitrogen and oxygen atoms in total. The number of phenols is 2. The van der Waals surface area contributed by atoms with E-state index in [1.54, 1.807) is 39.8 Å². The lowest BCUT2D eigenvalue weighted by Gasteiger charge is -2.52. The summed E-state index contributed by atoms with van der Waals surface area (Å²) in [5, 5.41) is 69.4. The molecule has 332 valence electrons. The monoisotopic (exact) mass is 864 g/mol. The van der Waals surface area contributed by atoms with Gasteiger partial charge in [0.15, 0.2) is 42.1 Å². The molecule has 0 spiro atoms. The SMILES string of the molecule is COC1=CC(=O)c2c(O)c3c(c(C)c2C1=O)CC1(O)C(O[C@H]2CC[C@H](O[C@H]4C[C@@](C)(O)[C@H](OC(=O)c5c(C)ccc(C)c5O)[C@H](C)O4)[C@@H](C)O2)C(=O)C(C(C)=O)=C(O)C1(O)C3=O. The second-order valence-corrected chi connectivity index (χ2v) is 16.9. The number of carbonyl (C=O) groups excluding carboxylic acids is 6. The Morgan fingerprint density at radius 2 is 1.48 bits per heavy atom. The first-order valence-corrected chi connectivity index (χ1v) is 20.0. The van der Waals surface area contributed by atoms with Crippen LogP contribution in [0, 0.1) is 20.8 Å². The summed E-state index contributed by atoms with van der Waals surface area (Å²) in [6.45, 7) is 10.1. The van der Waals surface area contributed by atoms with Crippen LogP contribution >= 0.6 is 0 Å². The molecule has 0 radical (unpaired) electrons. The maximum atomic E-state index is 14.4. The van der Waals surface area contributed by atoms with Gasteiger partial charge in [-0.15, -0.1) is 0 Å². The molecule has 2 aromatic carbocycles. The van der Waals surface area contributed by atoms with Crippen LogP contribution in [0.25, 0.3) is 0 Å². The van der Waals surface area contributed by atoms with Crippen LogP contribution < -0.4 is 0 Å². The van der Waals surface area contributed by atoms with Crippen molar-refractivity contribution in [3.63, 3.8) is 0 Å². The second-order valence-electron chi connectivity index (χ2n) is 16.9. The van der Waals surface area contributed by atoms with Crippen molar-refractivity contribution in [1.29, 1.82) is 0 Å². The summed E-state index contributed by atoms with van der Waals surface area (Å²) in [5.74, 6) is -9.67. The topological polar surface area (TPSA) is 279 Å². The number of methoxy groups -OCH3 is 1. The number of aromatic hydroxyl groups is 2. The molecule has 2 saturated heterocycles. The molecular formula is C44H48O18. The number of phenolic OH excluding ortho intramolecular Hbond substituents is 2. The van der Waals surface area contributed by atoms with Crippen LogP contribution in [0.15, 0.2) is 35.3 Å². The van der Waals surface area contributed by atoms with Gasteiger partial charge in [0.05, 0.1) is 36.5 Å². The molecule has 18 heteroatoms. The average molecular weight is 865 g/mol. The van der Waals surface area contributed by atoms with Gasteiger partial charge in [0, 0.05) is 30.9 Å². The lowest BCUT2D eigenvalue weighted by Crippen LogP contribution is -2.74. The van der Waals surface area contributed by atoms with Crippen LogP contribution in [-0.2, 0) is 44.4 Å². The Hall–Kier alpha value is -5.34. The minimum Gasteiger partial charge on any atom is -0.508 e. The Kier molecular flexibility index (Phi) is 11.2. The minimum atomic E-state index is -3.49. The molecule has 6 N–H and O–H groups in total. The van der Waals surface area contributed by atoms with Crippen LogP contribution in [0.4, 0.5) is 0 Å². The number of ether oxygens (including phenoxy) is 6. The molecule has 0 bridgehead atoms. The molecule has 0 amide bonds. The molecule has 0 saturated carbocycles. The zero-order chi connectivity index (χ0) is 45.7. The van der Waals surface area contributed by atoms with Gasteiger partial charge in [0.2, 0.25) is 23.0 Å². The van der Waals surface area contributed by atoms with Crippen LogP contribution in [0.5, 0.6) is 11.5 Å². The first-order chi connectivity index (χ1) is 28.9. The summed E-state index contributed by atoms with van der Waals surface area (Å²) in [4.78, 5) is 81.0. The molecule has 0 aromatic heterocycles. The third-order valence-corrected chi connectivity index (χ3v) is 12.7. The van der Waals surface area contributed by atoms with E-state index in [2.05, 4.69) is 0 Å². The van der Waals surface area contributed by atoms with Gasteiger partial charge in [-0.25, -0.2) is 4.79 Å². The minimum absolute atomic E-state index is 0.0332. The van der Waals surface area contributed by atoms with Gasteiger partial charge in [0.1, 0.15) is 39.6 Å². The quantitative estimate of drug-likeness (QED) is 0.164. The molecular weight excluding hydrogens is 816 g/mol. The van der Waals surface area contributed by atoms with Crippen LogP contribution in [0.1, 0.15) is 111 Å². The smallest absolute Gasteiger partial charge is 0.342 e. The molecule has 10 atom stereocenters. The number of aryl methyl sites for hydroxylation is 2. The van der Waals surface area contributed by atoms with Crippen LogP contribution in [0.2, 0.25) is 0 Å². The van der Waals surface area contributed by atoms with Gasteiger partial charge in [-0.3, -0.25) is 24.0 Å². The molecule has 62 heavy (non-hydrogen) atoms. The number of benzene rings is 2. The molecule has 2 aromatic rings. The normalized spacial score (nSPS) is 33.3. The maximum Gasteiger partial charge on any atom is 0.342 e. The van der Waals surface area contributed by atoms with E-state index < -0.39 is 129 Å². The number of aliphatic hydroxyl groups is 4. The standard InChI is InChI=1S/C44H48O18/c1-16-9-10-17(2)33(47)28(16)41(53)62-39-21(6)59-27(15-42(39,7)54)60-24-11-12-26(58-20(24)5)61-40-36(50)30(19(4)45)37(51)44(56)38(52)31-22(14-43(40,44)55)18(3)29-32(35(31)49)23(46)13-25(57-8)34(29)48/h9-10,13,20-21,24,26-27,39-40,47,49,51,54-56H,11-12,14-15H2,1-8H3/t20-,21+,24+,26+,27+,39-,40?,42-,43?,44?/m1/s1. The zero-order valence-corrected chi connectivity index (χ0v) is 35.2. The van der Waals surface area contributed by atoms with Crippen molar-refractivity contribution in [3.8, 4) is 11.5 Å². The van der Waals surface area contributed by atoms with Crippen molar-refractivity contribution in [2.75, 3.05) is 7.11 Å². The molecule has 2 fully saturated rings. The van der Waals surface area contributed by atoms with Gasteiger partial charge >= 0.3 is 5.97 Å². The maximum absolute atomic E-state index is 14.4. The van der Waals surface area contributed by atoms with Gasteiger partial charge in [0.25, 0.3) is 0 Å². The van der Waals surface area contributed by atoms with Crippen molar-refractivity contribution < 1.29 is 87.8 Å². The van der Waals surface area contributed by atoms with E-state index >= 15 is 0 Å². The number of hydrogen-bond donors (Lipinski definition) is 6. The highest BCUT2D eigenvalue weighted by Gasteiger charge is 2.71. The predicted molar refractivity (Wildman–Crippen MR) is 210 cm³/mol. The van der Waals surface area contributed by atoms with Gasteiger partial charge in [-0.05, 0) is 77.1 Å². The fourth-order valence-electron chi connectivity index (χ4n) is 9.37. The van der Waals surface area contributed by atoms with E-state index in [1.807, 2.05) is 0 Å². The number of esters is 1. The molecule has 3 aliphatic carbocycles. The van der Waals surface area contributed by atoms with E-state index in [0.29, 0.717) is 11.1 Å². The Morgan fingerprint density at radius 1 is 0.839 bits per heavy atom. The van der Waals surface area contributed by atoms with Gasteiger partial charge in [-0.1, -0.05) is 12.1 Å². The fourth-order valence-corrected chi connectivity index (χ4v) is 9.37. The molecule has 3 unspecified atom stereocenters. The number of Topliss-reactive ketones (excluding diaryl/α,β-unsaturated/α-hetero) is 4. The first-order valence-electron chi connectivity index (χ1n) is 20.0. The van der Waals surface area contributed by atoms with E-state index in [9.17, 15) is 59.4 Å². The lowest BCUT2D eigenvalue weighted by atomic mass is 9.58. The van der Waals surface area contributed by atoms with Gasteiger partial charge in [-0.2, -0.15) is 0 Å². The summed E-state index contributed by atoms with van der Waals surface area (Å²) in [7, 11) is 1.15. The van der Waals surface area contributed by atoms with Crippen molar-refractivity contribution in [3.05, 3.63) is 79.8 Å². The first kappa shape index (κ1) is 44.7. The van der Waals surface area contributed by atoms with E-state index in [4.69, 9.17) is 28.4 Å². The number of hydrogen-bond acceptors (Lipinski definition) is 18. The Morgan fingerprint density at radius 3 is 2.10 bits per heavy atom. The highest BCUT2D eigenvalue weighted by atomic mass is 16.7. The number of fused-ring (bicyclic) bond motifs is 3. The van der Waals surface area contributed by atoms with Gasteiger partial charge < -0.3 is 59.1 Å². The average Bonchev–Trinajstić information content (AvgIpc) is 3.18. The summed E-state index contributed by atoms with van der Waals surface area (Å²) < 4.78 is 35.1. The summed E-state index contributed by atoms with van der Waals surface area (Å²) >= 11 is 0. The van der Waals surface area contributed by atoms with E-state index in [0.717, 1.165) is 20.1 Å². The number of carbonyl (C=O) groups is 6. The van der Waals surface area contributed by atoms with Crippen molar-refractivity contribution >= 4 is 34.9 Å². The van der Waals surface area contributed by atoms with Crippen LogP contribution in [0.3, 0.4) is 0 Å². The molecule has 2 heterocycles. The molecule has 5 aliphatic rings. The Bertz CT molecular complexity index is 2410. The predicted octanol–water partition coefficient (Wildman–Crippen LogP) is 2.52. The summed E-state index contributed by atoms with van der Waals surface area (Å²) in [6, 6.07) is 3.32. The highest BCUT2D eigenvalue weighted by molar-refractivity contribution is 6.29. The second kappa shape index (κ2) is 15.5. The third-order valence-electron chi connectivity index (χ3n) is 12.7. The number of rotatable bonds is 8. The fraction of sp³-hybridized carbons (Fsp3) is 0.500. The number of aliphatic hydroxyl groups excluding tert-OH is 1. The number of ketones is 5. The number of allylic oxidation sites excluding steroid dienone is 2. The lowest BCUT2D eigenvalue weighted by molar-refractivity contribution is -0.315. The summed E-state index contributed by atoms with van der Waals surface area (Å²) in [5.41, 5.74) is -10.4. The molecule has 2 aliphatic heterocycles. The molecule has 7 rings (SSSR count). The Labute approximate surface area is 354 Å².